The van der Waals surface area contributed by atoms with E-state index in [4.69, 9.17) is 15.2 Å². The molecule has 3 atom stereocenters. The molecule has 45 heavy (non-hydrogen) atoms. The standard InChI is InChI=1S/C38H45NO4S.ClH/c1-3-5-6-13-18-32-30-20-21-34(40)37(41)31(30)24-33(38(32,39)44-4-2)29-19-22-35(42-25-27-14-9-7-10-15-27)36(23-29)43-26-28-16-11-8-12-17-28;/h7-12,14-17,19-23,32-33,40-41H,3-6,13,18,24-26,39H2,1-2H3;1H. The lowest BCUT2D eigenvalue weighted by atomic mass is 9.68. The second-order valence-electron chi connectivity index (χ2n) is 11.7. The molecule has 7 heteroatoms. The lowest BCUT2D eigenvalue weighted by molar-refractivity contribution is 0.255. The second kappa shape index (κ2) is 16.3. The maximum Gasteiger partial charge on any atom is 0.161 e. The number of hydrogen-bond donors (Lipinski definition) is 3. The third-order valence-electron chi connectivity index (χ3n) is 8.76. The Bertz CT molecular complexity index is 1500. The van der Waals surface area contributed by atoms with Gasteiger partial charge in [-0.3, -0.25) is 0 Å². The van der Waals surface area contributed by atoms with Gasteiger partial charge >= 0.3 is 0 Å². The average molecular weight is 648 g/mol. The van der Waals surface area contributed by atoms with Gasteiger partial charge in [0.15, 0.2) is 23.0 Å². The summed E-state index contributed by atoms with van der Waals surface area (Å²) in [6.07, 6.45) is 6.01. The lowest BCUT2D eigenvalue weighted by Gasteiger charge is -2.48. The molecule has 0 radical (unpaired) electrons. The van der Waals surface area contributed by atoms with Crippen molar-refractivity contribution in [3.05, 3.63) is 119 Å². The lowest BCUT2D eigenvalue weighted by Crippen LogP contribution is -2.51. The third-order valence-corrected chi connectivity index (χ3v) is 10.1. The van der Waals surface area contributed by atoms with E-state index < -0.39 is 4.87 Å². The normalized spacial score (nSPS) is 18.9. The van der Waals surface area contributed by atoms with Crippen LogP contribution in [-0.4, -0.2) is 20.8 Å². The van der Waals surface area contributed by atoms with Crippen molar-refractivity contribution in [3.63, 3.8) is 0 Å². The van der Waals surface area contributed by atoms with Crippen LogP contribution in [0.4, 0.5) is 0 Å². The van der Waals surface area contributed by atoms with Crippen LogP contribution in [0, 0.1) is 0 Å². The van der Waals surface area contributed by atoms with Crippen molar-refractivity contribution in [2.75, 3.05) is 5.75 Å². The number of ether oxygens (including phenoxy) is 2. The van der Waals surface area contributed by atoms with Gasteiger partial charge in [-0.15, -0.1) is 24.2 Å². The van der Waals surface area contributed by atoms with Crippen LogP contribution in [0.5, 0.6) is 23.0 Å². The van der Waals surface area contributed by atoms with Gasteiger partial charge in [0.05, 0.1) is 4.87 Å². The minimum absolute atomic E-state index is 0. The van der Waals surface area contributed by atoms with E-state index in [9.17, 15) is 10.2 Å². The molecule has 0 saturated heterocycles. The number of aromatic hydroxyl groups is 2. The molecule has 0 fully saturated rings. The van der Waals surface area contributed by atoms with Gasteiger partial charge in [0.2, 0.25) is 0 Å². The van der Waals surface area contributed by atoms with E-state index in [1.807, 2.05) is 72.8 Å². The van der Waals surface area contributed by atoms with E-state index in [1.54, 1.807) is 17.8 Å². The fourth-order valence-electron chi connectivity index (χ4n) is 6.46. The van der Waals surface area contributed by atoms with Crippen LogP contribution < -0.4 is 15.2 Å². The first-order valence-corrected chi connectivity index (χ1v) is 16.9. The molecule has 3 unspecified atom stereocenters. The number of phenolic OH excluding ortho intramolecular Hbond substituents is 2. The summed E-state index contributed by atoms with van der Waals surface area (Å²) in [5, 5.41) is 21.6. The predicted octanol–water partition coefficient (Wildman–Crippen LogP) is 9.48. The van der Waals surface area contributed by atoms with Gasteiger partial charge in [0.25, 0.3) is 0 Å². The minimum atomic E-state index is -0.611. The molecule has 1 aliphatic rings. The summed E-state index contributed by atoms with van der Waals surface area (Å²) in [5.74, 6) is 1.99. The predicted molar refractivity (Wildman–Crippen MR) is 188 cm³/mol. The fourth-order valence-corrected chi connectivity index (χ4v) is 7.83. The summed E-state index contributed by atoms with van der Waals surface area (Å²) >= 11 is 1.79. The molecule has 4 aromatic carbocycles. The Kier molecular flexibility index (Phi) is 12.5. The summed E-state index contributed by atoms with van der Waals surface area (Å²) in [5.41, 5.74) is 12.6. The van der Waals surface area contributed by atoms with E-state index >= 15 is 0 Å². The highest BCUT2D eigenvalue weighted by Crippen LogP contribution is 2.56. The number of nitrogens with two attached hydrogens (primary N) is 1. The van der Waals surface area contributed by atoms with Gasteiger partial charge in [-0.1, -0.05) is 112 Å². The van der Waals surface area contributed by atoms with Crippen LogP contribution in [0.25, 0.3) is 0 Å². The highest BCUT2D eigenvalue weighted by molar-refractivity contribution is 8.00. The smallest absolute Gasteiger partial charge is 0.161 e. The Balaban J connectivity index is 0.00000461. The molecular weight excluding hydrogens is 602 g/mol. The number of benzene rings is 4. The second-order valence-corrected chi connectivity index (χ2v) is 13.3. The van der Waals surface area contributed by atoms with Gasteiger partial charge in [-0.05, 0) is 59.0 Å². The van der Waals surface area contributed by atoms with Crippen molar-refractivity contribution in [3.8, 4) is 23.0 Å². The van der Waals surface area contributed by atoms with Crippen molar-refractivity contribution in [1.82, 2.24) is 0 Å². The maximum atomic E-state index is 11.1. The van der Waals surface area contributed by atoms with Crippen molar-refractivity contribution in [2.24, 2.45) is 5.73 Å². The first-order chi connectivity index (χ1) is 21.4. The molecule has 0 amide bonds. The molecule has 4 N–H and O–H groups in total. The zero-order valence-corrected chi connectivity index (χ0v) is 27.9. The summed E-state index contributed by atoms with van der Waals surface area (Å²) in [7, 11) is 0. The third kappa shape index (κ3) is 8.10. The SMILES string of the molecule is CCCCCCC1c2ccc(O)c(O)c2CC(c2ccc(OCc3ccccc3)c(OCc3ccccc3)c2)C1(N)SCC.Cl. The van der Waals surface area contributed by atoms with Crippen LogP contribution in [0.2, 0.25) is 0 Å². The Morgan fingerprint density at radius 2 is 1.44 bits per heavy atom. The van der Waals surface area contributed by atoms with Crippen molar-refractivity contribution in [2.45, 2.75) is 82.3 Å². The van der Waals surface area contributed by atoms with Crippen LogP contribution in [0.1, 0.15) is 85.6 Å². The highest BCUT2D eigenvalue weighted by Gasteiger charge is 2.48. The number of fused-ring (bicyclic) bond motifs is 1. The van der Waals surface area contributed by atoms with Crippen molar-refractivity contribution < 1.29 is 19.7 Å². The Hall–Kier alpha value is -3.32. The molecule has 0 spiro atoms. The Morgan fingerprint density at radius 1 is 0.800 bits per heavy atom. The van der Waals surface area contributed by atoms with Crippen molar-refractivity contribution >= 4 is 24.2 Å². The van der Waals surface area contributed by atoms with Crippen LogP contribution in [0.15, 0.2) is 91.0 Å². The molecule has 0 saturated carbocycles. The summed E-state index contributed by atoms with van der Waals surface area (Å²) in [4.78, 5) is -0.611. The van der Waals surface area contributed by atoms with Crippen LogP contribution >= 0.6 is 24.2 Å². The Labute approximate surface area is 278 Å². The fraction of sp³-hybridized carbons (Fsp3) is 0.368. The van der Waals surface area contributed by atoms with E-state index in [2.05, 4.69) is 26.0 Å². The van der Waals surface area contributed by atoms with Crippen LogP contribution in [0.3, 0.4) is 0 Å². The summed E-state index contributed by atoms with van der Waals surface area (Å²) in [6.45, 7) is 5.21. The number of rotatable bonds is 14. The molecule has 0 aromatic heterocycles. The average Bonchev–Trinajstić information content (AvgIpc) is 3.05. The molecular formula is C38H46ClNO4S. The summed E-state index contributed by atoms with van der Waals surface area (Å²) in [6, 6.07) is 30.0. The van der Waals surface area contributed by atoms with Crippen LogP contribution in [-0.2, 0) is 19.6 Å². The highest BCUT2D eigenvalue weighted by atomic mass is 35.5. The minimum Gasteiger partial charge on any atom is -0.504 e. The van der Waals surface area contributed by atoms with E-state index in [-0.39, 0.29) is 35.7 Å². The largest absolute Gasteiger partial charge is 0.504 e. The molecule has 0 aliphatic heterocycles. The molecule has 0 heterocycles. The molecule has 240 valence electrons. The van der Waals surface area contributed by atoms with Gasteiger partial charge in [-0.2, -0.15) is 0 Å². The topological polar surface area (TPSA) is 84.9 Å². The van der Waals surface area contributed by atoms with E-state index in [0.717, 1.165) is 52.8 Å². The number of phenols is 2. The molecule has 4 aromatic rings. The first kappa shape index (κ1) is 34.6. The van der Waals surface area contributed by atoms with Gasteiger partial charge in [-0.25, -0.2) is 0 Å². The van der Waals surface area contributed by atoms with Gasteiger partial charge < -0.3 is 25.4 Å². The Morgan fingerprint density at radius 3 is 2.07 bits per heavy atom. The number of hydrogen-bond acceptors (Lipinski definition) is 6. The zero-order valence-electron chi connectivity index (χ0n) is 26.3. The molecule has 1 aliphatic carbocycles. The van der Waals surface area contributed by atoms with Crippen molar-refractivity contribution in [1.29, 1.82) is 0 Å². The quantitative estimate of drug-likeness (QED) is 0.0718. The zero-order chi connectivity index (χ0) is 30.9. The number of halogens is 1. The number of unbranched alkanes of at least 4 members (excludes halogenated alkanes) is 3. The molecule has 0 bridgehead atoms. The van der Waals surface area contributed by atoms with Gasteiger partial charge in [0.1, 0.15) is 13.2 Å². The molecule has 5 rings (SSSR count). The first-order valence-electron chi connectivity index (χ1n) is 15.9. The van der Waals surface area contributed by atoms with E-state index in [1.165, 1.54) is 12.8 Å². The monoisotopic (exact) mass is 647 g/mol. The van der Waals surface area contributed by atoms with E-state index in [0.29, 0.717) is 31.1 Å². The summed E-state index contributed by atoms with van der Waals surface area (Å²) < 4.78 is 12.7. The maximum absolute atomic E-state index is 11.1. The number of thioether (sulfide) groups is 1. The molecule has 5 nitrogen and oxygen atoms in total. The van der Waals surface area contributed by atoms with Gasteiger partial charge in [0, 0.05) is 17.4 Å².